The van der Waals surface area contributed by atoms with Crippen molar-refractivity contribution in [1.82, 2.24) is 10.3 Å². The van der Waals surface area contributed by atoms with Crippen LogP contribution in [0, 0.1) is 0 Å². The van der Waals surface area contributed by atoms with E-state index in [4.69, 9.17) is 14.9 Å². The molecule has 6 nitrogen and oxygen atoms in total. The molecule has 3 N–H and O–H groups in total. The first-order valence-electron chi connectivity index (χ1n) is 6.30. The van der Waals surface area contributed by atoms with Gasteiger partial charge in [0.1, 0.15) is 5.76 Å². The minimum Gasteiger partial charge on any atom is -0.494 e. The first-order valence-corrected chi connectivity index (χ1v) is 6.30. The van der Waals surface area contributed by atoms with E-state index >= 15 is 0 Å². The van der Waals surface area contributed by atoms with Crippen LogP contribution in [0.15, 0.2) is 28.8 Å². The number of oxazole rings is 1. The van der Waals surface area contributed by atoms with E-state index in [0.29, 0.717) is 22.9 Å². The third-order valence-corrected chi connectivity index (χ3v) is 2.84. The van der Waals surface area contributed by atoms with Gasteiger partial charge in [-0.25, -0.2) is 4.98 Å². The molecule has 0 atom stereocenters. The highest BCUT2D eigenvalue weighted by atomic mass is 16.5. The molecule has 1 aromatic heterocycles. The maximum absolute atomic E-state index is 12.1. The minimum atomic E-state index is -0.287. The number of hydrogen-bond donors (Lipinski definition) is 2. The number of para-hydroxylation sites is 1. The first-order chi connectivity index (χ1) is 9.65. The van der Waals surface area contributed by atoms with Crippen LogP contribution < -0.4 is 15.8 Å². The summed E-state index contributed by atoms with van der Waals surface area (Å²) in [6.45, 7) is 2.19. The molecule has 0 unspecified atom stereocenters. The Morgan fingerprint density at radius 1 is 1.50 bits per heavy atom. The van der Waals surface area contributed by atoms with Gasteiger partial charge in [0.25, 0.3) is 5.91 Å². The monoisotopic (exact) mass is 275 g/mol. The van der Waals surface area contributed by atoms with Crippen LogP contribution in [0.1, 0.15) is 28.9 Å². The summed E-state index contributed by atoms with van der Waals surface area (Å²) in [6.07, 6.45) is 2.42. The normalized spacial score (nSPS) is 10.3. The predicted octanol–water partition coefficient (Wildman–Crippen LogP) is 1.76. The van der Waals surface area contributed by atoms with Gasteiger partial charge in [0.15, 0.2) is 5.75 Å². The van der Waals surface area contributed by atoms with Gasteiger partial charge in [-0.15, -0.1) is 0 Å². The molecule has 106 valence electrons. The number of nitrogens with zero attached hydrogens (tertiary/aromatic N) is 1. The van der Waals surface area contributed by atoms with E-state index in [-0.39, 0.29) is 12.5 Å². The van der Waals surface area contributed by atoms with E-state index in [1.165, 1.54) is 7.11 Å². The van der Waals surface area contributed by atoms with Gasteiger partial charge < -0.3 is 20.2 Å². The summed E-state index contributed by atoms with van der Waals surface area (Å²) < 4.78 is 10.6. The van der Waals surface area contributed by atoms with E-state index in [1.807, 2.05) is 6.92 Å². The fourth-order valence-electron chi connectivity index (χ4n) is 1.81. The van der Waals surface area contributed by atoms with Crippen LogP contribution in [0.3, 0.4) is 0 Å². The van der Waals surface area contributed by atoms with Crippen molar-refractivity contribution in [3.05, 3.63) is 41.6 Å². The van der Waals surface area contributed by atoms with Crippen molar-refractivity contribution in [3.8, 4) is 5.75 Å². The smallest absolute Gasteiger partial charge is 0.255 e. The molecule has 1 aromatic carbocycles. The van der Waals surface area contributed by atoms with Crippen LogP contribution in [-0.2, 0) is 13.0 Å². The number of aromatic nitrogens is 1. The Hall–Kier alpha value is -2.50. The maximum atomic E-state index is 12.1. The molecule has 1 amide bonds. The fraction of sp³-hybridized carbons (Fsp3) is 0.286. The topological polar surface area (TPSA) is 90.4 Å². The summed E-state index contributed by atoms with van der Waals surface area (Å²) in [4.78, 5) is 16.2. The maximum Gasteiger partial charge on any atom is 0.255 e. The average molecular weight is 275 g/mol. The Kier molecular flexibility index (Phi) is 4.24. The van der Waals surface area contributed by atoms with Gasteiger partial charge in [-0.1, -0.05) is 13.0 Å². The molecule has 0 aliphatic rings. The van der Waals surface area contributed by atoms with Gasteiger partial charge in [0.2, 0.25) is 5.89 Å². The number of ether oxygens (including phenoxy) is 1. The van der Waals surface area contributed by atoms with E-state index in [0.717, 1.165) is 12.2 Å². The largest absolute Gasteiger partial charge is 0.494 e. The molecule has 2 aromatic rings. The third-order valence-electron chi connectivity index (χ3n) is 2.84. The number of nitrogens with one attached hydrogen (secondary N) is 1. The molecular weight excluding hydrogens is 258 g/mol. The SMILES string of the molecule is CCc1cnc(CNC(=O)c2cccc(N)c2OC)o1. The van der Waals surface area contributed by atoms with E-state index in [1.54, 1.807) is 24.4 Å². The molecular formula is C14H17N3O3. The van der Waals surface area contributed by atoms with Gasteiger partial charge >= 0.3 is 0 Å². The lowest BCUT2D eigenvalue weighted by Crippen LogP contribution is -2.23. The number of nitrogens with two attached hydrogens (primary N) is 1. The summed E-state index contributed by atoms with van der Waals surface area (Å²) in [5.41, 5.74) is 6.57. The molecule has 0 fully saturated rings. The Morgan fingerprint density at radius 3 is 2.95 bits per heavy atom. The molecule has 2 rings (SSSR count). The fourth-order valence-corrected chi connectivity index (χ4v) is 1.81. The molecule has 0 saturated carbocycles. The molecule has 0 saturated heterocycles. The quantitative estimate of drug-likeness (QED) is 0.811. The first kappa shape index (κ1) is 13.9. The van der Waals surface area contributed by atoms with Crippen molar-refractivity contribution in [2.24, 2.45) is 0 Å². The number of carbonyl (C=O) groups is 1. The van der Waals surface area contributed by atoms with Crippen molar-refractivity contribution in [3.63, 3.8) is 0 Å². The van der Waals surface area contributed by atoms with E-state index in [2.05, 4.69) is 10.3 Å². The zero-order valence-corrected chi connectivity index (χ0v) is 11.5. The summed E-state index contributed by atoms with van der Waals surface area (Å²) in [6, 6.07) is 5.03. The molecule has 0 bridgehead atoms. The number of aryl methyl sites for hydroxylation is 1. The Bertz CT molecular complexity index is 607. The lowest BCUT2D eigenvalue weighted by molar-refractivity contribution is 0.0944. The molecule has 20 heavy (non-hydrogen) atoms. The van der Waals surface area contributed by atoms with Crippen LogP contribution >= 0.6 is 0 Å². The Labute approximate surface area is 116 Å². The highest BCUT2D eigenvalue weighted by molar-refractivity contribution is 5.98. The predicted molar refractivity (Wildman–Crippen MR) is 74.5 cm³/mol. The molecule has 0 aliphatic heterocycles. The molecule has 0 aliphatic carbocycles. The minimum absolute atomic E-state index is 0.219. The Morgan fingerprint density at radius 2 is 2.30 bits per heavy atom. The summed E-state index contributed by atoms with van der Waals surface area (Å²) in [5, 5.41) is 2.72. The third kappa shape index (κ3) is 2.90. The van der Waals surface area contributed by atoms with Crippen LogP contribution in [0.5, 0.6) is 5.75 Å². The van der Waals surface area contributed by atoms with Crippen molar-refractivity contribution in [2.75, 3.05) is 12.8 Å². The zero-order valence-electron chi connectivity index (χ0n) is 11.5. The Balaban J connectivity index is 2.07. The average Bonchev–Trinajstić information content (AvgIpc) is 2.92. The van der Waals surface area contributed by atoms with Crippen LogP contribution in [0.25, 0.3) is 0 Å². The van der Waals surface area contributed by atoms with Gasteiger partial charge in [-0.05, 0) is 12.1 Å². The summed E-state index contributed by atoms with van der Waals surface area (Å²) in [7, 11) is 1.48. The summed E-state index contributed by atoms with van der Waals surface area (Å²) >= 11 is 0. The number of amides is 1. The molecule has 0 radical (unpaired) electrons. The number of hydrogen-bond acceptors (Lipinski definition) is 5. The number of carbonyl (C=O) groups excluding carboxylic acids is 1. The van der Waals surface area contributed by atoms with Crippen molar-refractivity contribution in [1.29, 1.82) is 0 Å². The standard InChI is InChI=1S/C14H17N3O3/c1-3-9-7-16-12(20-9)8-17-14(18)10-5-4-6-11(15)13(10)19-2/h4-7H,3,8,15H2,1-2H3,(H,17,18). The van der Waals surface area contributed by atoms with Gasteiger partial charge in [-0.3, -0.25) is 4.79 Å². The van der Waals surface area contributed by atoms with Crippen LogP contribution in [0.4, 0.5) is 5.69 Å². The van der Waals surface area contributed by atoms with E-state index in [9.17, 15) is 4.79 Å². The van der Waals surface area contributed by atoms with E-state index < -0.39 is 0 Å². The number of anilines is 1. The summed E-state index contributed by atoms with van der Waals surface area (Å²) in [5.74, 6) is 1.34. The van der Waals surface area contributed by atoms with Crippen molar-refractivity contribution >= 4 is 11.6 Å². The zero-order chi connectivity index (χ0) is 14.5. The number of methoxy groups -OCH3 is 1. The van der Waals surface area contributed by atoms with Crippen molar-refractivity contribution in [2.45, 2.75) is 19.9 Å². The molecule has 0 spiro atoms. The van der Waals surface area contributed by atoms with Gasteiger partial charge in [-0.2, -0.15) is 0 Å². The van der Waals surface area contributed by atoms with Crippen molar-refractivity contribution < 1.29 is 13.9 Å². The second kappa shape index (κ2) is 6.10. The molecule has 1 heterocycles. The lowest BCUT2D eigenvalue weighted by Gasteiger charge is -2.10. The lowest BCUT2D eigenvalue weighted by atomic mass is 10.1. The second-order valence-electron chi connectivity index (χ2n) is 4.18. The highest BCUT2D eigenvalue weighted by Crippen LogP contribution is 2.25. The second-order valence-corrected chi connectivity index (χ2v) is 4.18. The van der Waals surface area contributed by atoms with Gasteiger partial charge in [0.05, 0.1) is 31.1 Å². The number of benzene rings is 1. The number of nitrogen functional groups attached to an aromatic ring is 1. The van der Waals surface area contributed by atoms with Crippen LogP contribution in [-0.4, -0.2) is 18.0 Å². The highest BCUT2D eigenvalue weighted by Gasteiger charge is 2.14. The van der Waals surface area contributed by atoms with Crippen LogP contribution in [0.2, 0.25) is 0 Å². The number of rotatable bonds is 5. The molecule has 6 heteroatoms. The van der Waals surface area contributed by atoms with Gasteiger partial charge in [0, 0.05) is 6.42 Å².